The van der Waals surface area contributed by atoms with Crippen LogP contribution in [0.25, 0.3) is 0 Å². The van der Waals surface area contributed by atoms with Crippen LogP contribution in [0.2, 0.25) is 0 Å². The van der Waals surface area contributed by atoms with Crippen LogP contribution in [0.1, 0.15) is 37.1 Å². The molecule has 1 aromatic carbocycles. The number of nitrogen functional groups attached to an aromatic ring is 1. The standard InChI is InChI=1S/C19H22N6O2/c1-11-6-8-12(9-7-11)21-19-23-15(22-18(20)24-19)10-25-16(26)13-4-2-3-5-14(13)17(25)27/h6-9,13-14H,2-5,10H2,1H3,(H3,20,21,22,23,24)/t13-,14-/m1/s1. The first-order valence-corrected chi connectivity index (χ1v) is 9.20. The summed E-state index contributed by atoms with van der Waals surface area (Å²) in [5, 5.41) is 3.08. The molecule has 1 saturated heterocycles. The normalized spacial score (nSPS) is 22.0. The van der Waals surface area contributed by atoms with E-state index in [1.165, 1.54) is 4.90 Å². The average Bonchev–Trinajstić information content (AvgIpc) is 2.89. The maximum absolute atomic E-state index is 12.6. The highest BCUT2D eigenvalue weighted by atomic mass is 16.2. The number of aromatic nitrogens is 3. The molecule has 1 aliphatic heterocycles. The number of carbonyl (C=O) groups excluding carboxylic acids is 2. The van der Waals surface area contributed by atoms with Crippen molar-refractivity contribution in [2.75, 3.05) is 11.1 Å². The Morgan fingerprint density at radius 3 is 2.30 bits per heavy atom. The van der Waals surface area contributed by atoms with Gasteiger partial charge in [-0.25, -0.2) is 0 Å². The minimum Gasteiger partial charge on any atom is -0.368 e. The zero-order valence-corrected chi connectivity index (χ0v) is 15.2. The molecule has 0 bridgehead atoms. The molecule has 3 N–H and O–H groups in total. The Morgan fingerprint density at radius 2 is 1.67 bits per heavy atom. The Balaban J connectivity index is 1.54. The van der Waals surface area contributed by atoms with Crippen LogP contribution in [0.15, 0.2) is 24.3 Å². The molecule has 0 unspecified atom stereocenters. The number of rotatable bonds is 4. The molecule has 8 nitrogen and oxygen atoms in total. The van der Waals surface area contributed by atoms with Crippen molar-refractivity contribution in [1.29, 1.82) is 0 Å². The van der Waals surface area contributed by atoms with Crippen LogP contribution in [0.3, 0.4) is 0 Å². The molecule has 2 aromatic rings. The number of likely N-dealkylation sites (tertiary alicyclic amines) is 1. The molecule has 2 fully saturated rings. The summed E-state index contributed by atoms with van der Waals surface area (Å²) in [5.74, 6) is 0.0427. The second-order valence-corrected chi connectivity index (χ2v) is 7.18. The fourth-order valence-electron chi connectivity index (χ4n) is 3.86. The predicted octanol–water partition coefficient (Wildman–Crippen LogP) is 2.18. The van der Waals surface area contributed by atoms with Crippen molar-refractivity contribution >= 4 is 29.4 Å². The van der Waals surface area contributed by atoms with Gasteiger partial charge in [0.25, 0.3) is 0 Å². The average molecular weight is 366 g/mol. The number of fused-ring (bicyclic) bond motifs is 1. The Labute approximate surface area is 157 Å². The smallest absolute Gasteiger partial charge is 0.233 e. The van der Waals surface area contributed by atoms with E-state index in [1.54, 1.807) is 0 Å². The van der Waals surface area contributed by atoms with Crippen LogP contribution in [0, 0.1) is 18.8 Å². The second-order valence-electron chi connectivity index (χ2n) is 7.18. The summed E-state index contributed by atoms with van der Waals surface area (Å²) in [6.45, 7) is 2.03. The summed E-state index contributed by atoms with van der Waals surface area (Å²) in [4.78, 5) is 39.1. The number of hydrogen-bond donors (Lipinski definition) is 2. The number of nitrogens with two attached hydrogens (primary N) is 1. The topological polar surface area (TPSA) is 114 Å². The van der Waals surface area contributed by atoms with Crippen molar-refractivity contribution in [3.63, 3.8) is 0 Å². The molecular weight excluding hydrogens is 344 g/mol. The van der Waals surface area contributed by atoms with Crippen molar-refractivity contribution in [3.8, 4) is 0 Å². The molecule has 4 rings (SSSR count). The van der Waals surface area contributed by atoms with E-state index in [0.29, 0.717) is 5.82 Å². The van der Waals surface area contributed by atoms with E-state index in [4.69, 9.17) is 5.73 Å². The van der Waals surface area contributed by atoms with Crippen molar-refractivity contribution in [1.82, 2.24) is 19.9 Å². The van der Waals surface area contributed by atoms with E-state index < -0.39 is 0 Å². The monoisotopic (exact) mass is 366 g/mol. The molecule has 2 atom stereocenters. The molecule has 2 amide bonds. The van der Waals surface area contributed by atoms with E-state index in [0.717, 1.165) is 36.9 Å². The van der Waals surface area contributed by atoms with Crippen LogP contribution in [0.5, 0.6) is 0 Å². The second kappa shape index (κ2) is 6.94. The summed E-state index contributed by atoms with van der Waals surface area (Å²) >= 11 is 0. The van der Waals surface area contributed by atoms with Crippen LogP contribution in [-0.2, 0) is 16.1 Å². The molecule has 1 aromatic heterocycles. The third kappa shape index (κ3) is 3.47. The largest absolute Gasteiger partial charge is 0.368 e. The maximum Gasteiger partial charge on any atom is 0.233 e. The number of hydrogen-bond acceptors (Lipinski definition) is 7. The minimum absolute atomic E-state index is 0.0277. The van der Waals surface area contributed by atoms with Gasteiger partial charge in [0.05, 0.1) is 18.4 Å². The fourth-order valence-corrected chi connectivity index (χ4v) is 3.86. The summed E-state index contributed by atoms with van der Waals surface area (Å²) in [6, 6.07) is 7.76. The van der Waals surface area contributed by atoms with Crippen molar-refractivity contribution in [2.24, 2.45) is 11.8 Å². The Bertz CT molecular complexity index is 858. The lowest BCUT2D eigenvalue weighted by Crippen LogP contribution is -2.31. The van der Waals surface area contributed by atoms with Gasteiger partial charge in [0.2, 0.25) is 23.7 Å². The first kappa shape index (κ1) is 17.4. The molecule has 8 heteroatoms. The van der Waals surface area contributed by atoms with E-state index in [2.05, 4.69) is 20.3 Å². The number of benzene rings is 1. The molecule has 0 radical (unpaired) electrons. The Kier molecular flexibility index (Phi) is 4.47. The summed E-state index contributed by atoms with van der Waals surface area (Å²) in [5.41, 5.74) is 7.77. The SMILES string of the molecule is Cc1ccc(Nc2nc(N)nc(CN3C(=O)[C@@H]4CCCC[C@H]4C3=O)n2)cc1. The first-order valence-electron chi connectivity index (χ1n) is 9.20. The lowest BCUT2D eigenvalue weighted by molar-refractivity contribution is -0.140. The maximum atomic E-state index is 12.6. The van der Waals surface area contributed by atoms with Gasteiger partial charge in [0.15, 0.2) is 5.82 Å². The van der Waals surface area contributed by atoms with Gasteiger partial charge in [-0.2, -0.15) is 15.0 Å². The van der Waals surface area contributed by atoms with E-state index in [9.17, 15) is 9.59 Å². The van der Waals surface area contributed by atoms with Gasteiger partial charge in [0, 0.05) is 5.69 Å². The number of amides is 2. The van der Waals surface area contributed by atoms with Gasteiger partial charge >= 0.3 is 0 Å². The van der Waals surface area contributed by atoms with Gasteiger partial charge in [-0.3, -0.25) is 14.5 Å². The highest BCUT2D eigenvalue weighted by Gasteiger charge is 2.48. The minimum atomic E-state index is -0.185. The number of aryl methyl sites for hydroxylation is 1. The molecule has 2 aliphatic rings. The first-order chi connectivity index (χ1) is 13.0. The number of nitrogens with one attached hydrogen (secondary N) is 1. The quantitative estimate of drug-likeness (QED) is 0.797. The van der Waals surface area contributed by atoms with Crippen LogP contribution in [0.4, 0.5) is 17.6 Å². The van der Waals surface area contributed by atoms with Crippen molar-refractivity contribution < 1.29 is 9.59 Å². The zero-order chi connectivity index (χ0) is 19.0. The Morgan fingerprint density at radius 1 is 1.04 bits per heavy atom. The number of carbonyl (C=O) groups is 2. The lowest BCUT2D eigenvalue weighted by Gasteiger charge is -2.19. The molecule has 2 heterocycles. The molecular formula is C19H22N6O2. The van der Waals surface area contributed by atoms with Gasteiger partial charge in [-0.05, 0) is 31.9 Å². The van der Waals surface area contributed by atoms with Gasteiger partial charge in [-0.1, -0.05) is 30.5 Å². The van der Waals surface area contributed by atoms with Crippen LogP contribution in [-0.4, -0.2) is 31.7 Å². The lowest BCUT2D eigenvalue weighted by atomic mass is 9.81. The molecule has 1 saturated carbocycles. The van der Waals surface area contributed by atoms with Gasteiger partial charge in [-0.15, -0.1) is 0 Å². The van der Waals surface area contributed by atoms with E-state index in [-0.39, 0.29) is 42.1 Å². The van der Waals surface area contributed by atoms with Gasteiger partial charge in [0.1, 0.15) is 0 Å². The third-order valence-electron chi connectivity index (χ3n) is 5.24. The molecule has 1 aliphatic carbocycles. The van der Waals surface area contributed by atoms with Crippen molar-refractivity contribution in [3.05, 3.63) is 35.7 Å². The highest BCUT2D eigenvalue weighted by molar-refractivity contribution is 6.05. The van der Waals surface area contributed by atoms with E-state index in [1.807, 2.05) is 31.2 Å². The number of nitrogens with zero attached hydrogens (tertiary/aromatic N) is 4. The van der Waals surface area contributed by atoms with Crippen LogP contribution >= 0.6 is 0 Å². The van der Waals surface area contributed by atoms with Gasteiger partial charge < -0.3 is 11.1 Å². The third-order valence-corrected chi connectivity index (χ3v) is 5.24. The number of imide groups is 1. The Hall–Kier alpha value is -3.03. The highest BCUT2D eigenvalue weighted by Crippen LogP contribution is 2.38. The van der Waals surface area contributed by atoms with E-state index >= 15 is 0 Å². The molecule has 0 spiro atoms. The fraction of sp³-hybridized carbons (Fsp3) is 0.421. The summed E-state index contributed by atoms with van der Waals surface area (Å²) < 4.78 is 0. The predicted molar refractivity (Wildman–Crippen MR) is 99.7 cm³/mol. The molecule has 140 valence electrons. The number of anilines is 3. The van der Waals surface area contributed by atoms with Crippen LogP contribution < -0.4 is 11.1 Å². The summed E-state index contributed by atoms with van der Waals surface area (Å²) in [7, 11) is 0. The zero-order valence-electron chi connectivity index (χ0n) is 15.2. The molecule has 27 heavy (non-hydrogen) atoms. The van der Waals surface area contributed by atoms with Crippen molar-refractivity contribution in [2.45, 2.75) is 39.2 Å². The summed E-state index contributed by atoms with van der Waals surface area (Å²) in [6.07, 6.45) is 3.56.